The minimum absolute atomic E-state index is 0.515. The van der Waals surface area contributed by atoms with Crippen LogP contribution in [0.15, 0.2) is 24.3 Å². The highest BCUT2D eigenvalue weighted by molar-refractivity contribution is 5.17. The molecule has 4 nitrogen and oxygen atoms in total. The third kappa shape index (κ3) is 2.62. The third-order valence-corrected chi connectivity index (χ3v) is 3.91. The molecule has 2 atom stereocenters. The molecule has 98 valence electrons. The quantitative estimate of drug-likeness (QED) is 0.826. The molecule has 2 heterocycles. The molecule has 0 bridgehead atoms. The van der Waals surface area contributed by atoms with Crippen molar-refractivity contribution in [2.45, 2.75) is 44.9 Å². The first-order chi connectivity index (χ1) is 9.22. The number of hydrogen-bond donors (Lipinski definition) is 0. The van der Waals surface area contributed by atoms with Crippen molar-refractivity contribution in [3.8, 4) is 0 Å². The predicted molar refractivity (Wildman–Crippen MR) is 72.9 cm³/mol. The molecule has 0 amide bonds. The smallest absolute Gasteiger partial charge is 0.0662 e. The summed E-state index contributed by atoms with van der Waals surface area (Å²) in [5, 5.41) is 16.9. The topological polar surface area (TPSA) is 51.6 Å². The number of nitrogens with zero attached hydrogens (tertiary/aromatic N) is 4. The number of aromatic nitrogens is 4. The molecule has 2 aromatic heterocycles. The Balaban J connectivity index is 1.73. The average Bonchev–Trinajstić information content (AvgIpc) is 2.90. The summed E-state index contributed by atoms with van der Waals surface area (Å²) < 4.78 is 0. The molecular weight excluding hydrogens is 236 g/mol. The van der Waals surface area contributed by atoms with Crippen LogP contribution in [-0.2, 0) is 0 Å². The van der Waals surface area contributed by atoms with E-state index in [1.165, 1.54) is 0 Å². The second kappa shape index (κ2) is 5.03. The van der Waals surface area contributed by atoms with E-state index in [4.69, 9.17) is 0 Å². The Labute approximate surface area is 113 Å². The zero-order chi connectivity index (χ0) is 13.2. The molecular formula is C15H18N4. The van der Waals surface area contributed by atoms with Crippen LogP contribution in [0.3, 0.4) is 0 Å². The second-order valence-corrected chi connectivity index (χ2v) is 5.41. The summed E-state index contributed by atoms with van der Waals surface area (Å²) >= 11 is 0. The summed E-state index contributed by atoms with van der Waals surface area (Å²) in [6.07, 6.45) is 3.44. The van der Waals surface area contributed by atoms with Gasteiger partial charge in [-0.15, -0.1) is 0 Å². The van der Waals surface area contributed by atoms with Gasteiger partial charge in [0.15, 0.2) is 0 Å². The Morgan fingerprint density at radius 2 is 1.21 bits per heavy atom. The molecule has 2 unspecified atom stereocenters. The molecule has 3 rings (SSSR count). The largest absolute Gasteiger partial charge is 0.156 e. The molecule has 1 aliphatic carbocycles. The van der Waals surface area contributed by atoms with Crippen LogP contribution in [0, 0.1) is 13.8 Å². The van der Waals surface area contributed by atoms with E-state index in [1.807, 2.05) is 26.0 Å². The van der Waals surface area contributed by atoms with Crippen LogP contribution in [0.5, 0.6) is 0 Å². The van der Waals surface area contributed by atoms with E-state index in [0.717, 1.165) is 42.0 Å². The first-order valence-electron chi connectivity index (χ1n) is 6.83. The van der Waals surface area contributed by atoms with Crippen molar-refractivity contribution >= 4 is 0 Å². The first kappa shape index (κ1) is 12.2. The van der Waals surface area contributed by atoms with E-state index >= 15 is 0 Å². The van der Waals surface area contributed by atoms with Gasteiger partial charge in [0.25, 0.3) is 0 Å². The van der Waals surface area contributed by atoms with E-state index in [1.54, 1.807) is 0 Å². The van der Waals surface area contributed by atoms with Gasteiger partial charge in [0.2, 0.25) is 0 Å². The zero-order valence-electron chi connectivity index (χ0n) is 11.4. The van der Waals surface area contributed by atoms with Crippen molar-refractivity contribution in [1.82, 2.24) is 20.4 Å². The molecule has 0 saturated heterocycles. The van der Waals surface area contributed by atoms with Gasteiger partial charge in [-0.1, -0.05) is 0 Å². The van der Waals surface area contributed by atoms with Gasteiger partial charge in [-0.25, -0.2) is 0 Å². The van der Waals surface area contributed by atoms with Crippen LogP contribution in [0.1, 0.15) is 53.9 Å². The highest BCUT2D eigenvalue weighted by atomic mass is 15.1. The SMILES string of the molecule is Cc1ccc(C2CCC(c3ccc(C)nn3)C2)nn1. The fourth-order valence-corrected chi connectivity index (χ4v) is 2.77. The Morgan fingerprint density at radius 1 is 0.737 bits per heavy atom. The Bertz CT molecular complexity index is 496. The molecule has 0 radical (unpaired) electrons. The van der Waals surface area contributed by atoms with E-state index in [2.05, 4.69) is 32.5 Å². The number of rotatable bonds is 2. The standard InChI is InChI=1S/C15H18N4/c1-10-3-7-14(18-16-10)12-5-6-13(9-12)15-8-4-11(2)17-19-15/h3-4,7-8,12-13H,5-6,9H2,1-2H3. The van der Waals surface area contributed by atoms with Crippen LogP contribution in [0.4, 0.5) is 0 Å². The molecule has 2 aromatic rings. The molecule has 0 N–H and O–H groups in total. The van der Waals surface area contributed by atoms with Gasteiger partial charge in [-0.05, 0) is 57.4 Å². The van der Waals surface area contributed by atoms with Crippen molar-refractivity contribution in [2.24, 2.45) is 0 Å². The van der Waals surface area contributed by atoms with Crippen molar-refractivity contribution < 1.29 is 0 Å². The van der Waals surface area contributed by atoms with Gasteiger partial charge < -0.3 is 0 Å². The lowest BCUT2D eigenvalue weighted by Gasteiger charge is -2.10. The van der Waals surface area contributed by atoms with Gasteiger partial charge in [0, 0.05) is 11.8 Å². The van der Waals surface area contributed by atoms with Crippen LogP contribution < -0.4 is 0 Å². The second-order valence-electron chi connectivity index (χ2n) is 5.41. The van der Waals surface area contributed by atoms with Crippen LogP contribution in [-0.4, -0.2) is 20.4 Å². The molecule has 0 spiro atoms. The highest BCUT2D eigenvalue weighted by Crippen LogP contribution is 2.42. The minimum Gasteiger partial charge on any atom is -0.156 e. The molecule has 4 heteroatoms. The summed E-state index contributed by atoms with van der Waals surface area (Å²) in [7, 11) is 0. The zero-order valence-corrected chi connectivity index (χ0v) is 11.4. The van der Waals surface area contributed by atoms with Crippen LogP contribution in [0.2, 0.25) is 0 Å². The molecule has 1 aliphatic rings. The fourth-order valence-electron chi connectivity index (χ4n) is 2.77. The predicted octanol–water partition coefficient (Wildman–Crippen LogP) is 2.93. The lowest BCUT2D eigenvalue weighted by atomic mass is 9.99. The molecule has 0 aliphatic heterocycles. The Hall–Kier alpha value is -1.84. The summed E-state index contributed by atoms with van der Waals surface area (Å²) in [5.74, 6) is 1.03. The molecule has 1 saturated carbocycles. The number of aryl methyl sites for hydroxylation is 2. The van der Waals surface area contributed by atoms with Crippen molar-refractivity contribution in [3.63, 3.8) is 0 Å². The summed E-state index contributed by atoms with van der Waals surface area (Å²) in [5.41, 5.74) is 4.19. The Morgan fingerprint density at radius 3 is 1.58 bits per heavy atom. The van der Waals surface area contributed by atoms with E-state index in [-0.39, 0.29) is 0 Å². The van der Waals surface area contributed by atoms with Crippen molar-refractivity contribution in [3.05, 3.63) is 47.0 Å². The van der Waals surface area contributed by atoms with E-state index in [0.29, 0.717) is 11.8 Å². The van der Waals surface area contributed by atoms with Gasteiger partial charge >= 0.3 is 0 Å². The Kier molecular flexibility index (Phi) is 3.23. The summed E-state index contributed by atoms with van der Waals surface area (Å²) in [6.45, 7) is 3.94. The van der Waals surface area contributed by atoms with Gasteiger partial charge in [0.1, 0.15) is 0 Å². The van der Waals surface area contributed by atoms with Gasteiger partial charge in [-0.2, -0.15) is 20.4 Å². The van der Waals surface area contributed by atoms with Crippen LogP contribution in [0.25, 0.3) is 0 Å². The summed E-state index contributed by atoms with van der Waals surface area (Å²) in [4.78, 5) is 0. The normalized spacial score (nSPS) is 22.6. The van der Waals surface area contributed by atoms with Crippen LogP contribution >= 0.6 is 0 Å². The van der Waals surface area contributed by atoms with Gasteiger partial charge in [0.05, 0.1) is 22.8 Å². The molecule has 1 fully saturated rings. The van der Waals surface area contributed by atoms with E-state index < -0.39 is 0 Å². The monoisotopic (exact) mass is 254 g/mol. The first-order valence-corrected chi connectivity index (χ1v) is 6.83. The molecule has 19 heavy (non-hydrogen) atoms. The van der Waals surface area contributed by atoms with Crippen molar-refractivity contribution in [1.29, 1.82) is 0 Å². The third-order valence-electron chi connectivity index (χ3n) is 3.91. The van der Waals surface area contributed by atoms with E-state index in [9.17, 15) is 0 Å². The maximum Gasteiger partial charge on any atom is 0.0662 e. The lowest BCUT2D eigenvalue weighted by Crippen LogP contribution is -2.02. The van der Waals surface area contributed by atoms with Gasteiger partial charge in [-0.3, -0.25) is 0 Å². The maximum atomic E-state index is 4.32. The number of hydrogen-bond acceptors (Lipinski definition) is 4. The average molecular weight is 254 g/mol. The van der Waals surface area contributed by atoms with Crippen molar-refractivity contribution in [2.75, 3.05) is 0 Å². The maximum absolute atomic E-state index is 4.32. The minimum atomic E-state index is 0.515. The molecule has 0 aromatic carbocycles. The highest BCUT2D eigenvalue weighted by Gasteiger charge is 2.29. The lowest BCUT2D eigenvalue weighted by molar-refractivity contribution is 0.639. The summed E-state index contributed by atoms with van der Waals surface area (Å²) in [6, 6.07) is 8.30. The fraction of sp³-hybridized carbons (Fsp3) is 0.467.